The van der Waals surface area contributed by atoms with Crippen LogP contribution in [-0.2, 0) is 0 Å². The summed E-state index contributed by atoms with van der Waals surface area (Å²) in [4.78, 5) is 4.31. The molecule has 0 N–H and O–H groups in total. The van der Waals surface area contributed by atoms with Crippen molar-refractivity contribution in [2.24, 2.45) is 0 Å². The minimum Gasteiger partial charge on any atom is -0.246 e. The van der Waals surface area contributed by atoms with E-state index in [-0.39, 0.29) is 0 Å². The summed E-state index contributed by atoms with van der Waals surface area (Å²) < 4.78 is 0.916. The minimum absolute atomic E-state index is 0.565. The van der Waals surface area contributed by atoms with Gasteiger partial charge in [-0.05, 0) is 40.4 Å². The van der Waals surface area contributed by atoms with E-state index < -0.39 is 0 Å². The lowest BCUT2D eigenvalue weighted by atomic mass is 10.0. The number of aromatic nitrogens is 1. The SMILES string of the molecule is Cc1nc(Br)ccc1C(C)C. The molecule has 0 aliphatic heterocycles. The smallest absolute Gasteiger partial charge is 0.106 e. The molecule has 1 aromatic rings. The third-order valence-electron chi connectivity index (χ3n) is 1.71. The zero-order valence-corrected chi connectivity index (χ0v) is 8.64. The molecule has 0 radical (unpaired) electrons. The summed E-state index contributed by atoms with van der Waals surface area (Å²) >= 11 is 3.33. The third-order valence-corrected chi connectivity index (χ3v) is 2.16. The van der Waals surface area contributed by atoms with Crippen LogP contribution in [0.5, 0.6) is 0 Å². The Balaban J connectivity index is 3.09. The molecule has 11 heavy (non-hydrogen) atoms. The first-order chi connectivity index (χ1) is 5.11. The van der Waals surface area contributed by atoms with Gasteiger partial charge in [0.1, 0.15) is 4.60 Å². The zero-order valence-electron chi connectivity index (χ0n) is 7.06. The van der Waals surface area contributed by atoms with Crippen LogP contribution >= 0.6 is 15.9 Å². The van der Waals surface area contributed by atoms with Crippen LogP contribution in [0.2, 0.25) is 0 Å². The van der Waals surface area contributed by atoms with E-state index in [0.29, 0.717) is 5.92 Å². The lowest BCUT2D eigenvalue weighted by molar-refractivity contribution is 0.840. The standard InChI is InChI=1S/C9H12BrN/c1-6(2)8-4-5-9(10)11-7(8)3/h4-6H,1-3H3. The lowest BCUT2D eigenvalue weighted by Gasteiger charge is -2.07. The van der Waals surface area contributed by atoms with Gasteiger partial charge in [0, 0.05) is 5.69 Å². The van der Waals surface area contributed by atoms with E-state index in [2.05, 4.69) is 40.8 Å². The van der Waals surface area contributed by atoms with Gasteiger partial charge >= 0.3 is 0 Å². The van der Waals surface area contributed by atoms with Gasteiger partial charge in [0.2, 0.25) is 0 Å². The van der Waals surface area contributed by atoms with Gasteiger partial charge in [-0.2, -0.15) is 0 Å². The summed E-state index contributed by atoms with van der Waals surface area (Å²) in [5.74, 6) is 0.565. The van der Waals surface area contributed by atoms with Gasteiger partial charge in [-0.3, -0.25) is 0 Å². The molecule has 0 saturated heterocycles. The fraction of sp³-hybridized carbons (Fsp3) is 0.444. The summed E-state index contributed by atoms with van der Waals surface area (Å²) in [5.41, 5.74) is 2.45. The van der Waals surface area contributed by atoms with Crippen LogP contribution in [0.4, 0.5) is 0 Å². The molecule has 0 aromatic carbocycles. The normalized spacial score (nSPS) is 10.6. The van der Waals surface area contributed by atoms with Crippen molar-refractivity contribution in [3.8, 4) is 0 Å². The van der Waals surface area contributed by atoms with Gasteiger partial charge in [-0.15, -0.1) is 0 Å². The van der Waals surface area contributed by atoms with E-state index >= 15 is 0 Å². The van der Waals surface area contributed by atoms with Crippen molar-refractivity contribution >= 4 is 15.9 Å². The number of pyridine rings is 1. The Morgan fingerprint density at radius 2 is 2.00 bits per heavy atom. The largest absolute Gasteiger partial charge is 0.246 e. The Morgan fingerprint density at radius 3 is 2.45 bits per heavy atom. The number of hydrogen-bond acceptors (Lipinski definition) is 1. The molecule has 2 heteroatoms. The van der Waals surface area contributed by atoms with Crippen LogP contribution in [-0.4, -0.2) is 4.98 Å². The lowest BCUT2D eigenvalue weighted by Crippen LogP contribution is -1.94. The summed E-state index contributed by atoms with van der Waals surface area (Å²) in [6, 6.07) is 4.11. The first-order valence-corrected chi connectivity index (χ1v) is 4.53. The van der Waals surface area contributed by atoms with Crippen molar-refractivity contribution in [1.82, 2.24) is 4.98 Å². The summed E-state index contributed by atoms with van der Waals surface area (Å²) in [6.45, 7) is 6.40. The molecule has 1 rings (SSSR count). The Morgan fingerprint density at radius 1 is 1.36 bits per heavy atom. The maximum absolute atomic E-state index is 4.31. The molecule has 0 aliphatic carbocycles. The van der Waals surface area contributed by atoms with Crippen LogP contribution in [0, 0.1) is 6.92 Å². The second-order valence-electron chi connectivity index (χ2n) is 2.96. The van der Waals surface area contributed by atoms with E-state index in [0.717, 1.165) is 10.3 Å². The topological polar surface area (TPSA) is 12.9 Å². The van der Waals surface area contributed by atoms with Crippen molar-refractivity contribution in [2.75, 3.05) is 0 Å². The van der Waals surface area contributed by atoms with Gasteiger partial charge in [-0.25, -0.2) is 4.98 Å². The minimum atomic E-state index is 0.565. The van der Waals surface area contributed by atoms with Gasteiger partial charge in [0.25, 0.3) is 0 Å². The predicted octanol–water partition coefficient (Wildman–Crippen LogP) is 3.28. The fourth-order valence-corrected chi connectivity index (χ4v) is 1.55. The van der Waals surface area contributed by atoms with Crippen molar-refractivity contribution < 1.29 is 0 Å². The van der Waals surface area contributed by atoms with Crippen LogP contribution < -0.4 is 0 Å². The highest BCUT2D eigenvalue weighted by atomic mass is 79.9. The molecule has 0 unspecified atom stereocenters. The van der Waals surface area contributed by atoms with Crippen molar-refractivity contribution in [3.05, 3.63) is 28.0 Å². The number of rotatable bonds is 1. The maximum Gasteiger partial charge on any atom is 0.106 e. The van der Waals surface area contributed by atoms with E-state index in [1.807, 2.05) is 13.0 Å². The van der Waals surface area contributed by atoms with E-state index in [9.17, 15) is 0 Å². The average Bonchev–Trinajstić information content (AvgIpc) is 1.85. The van der Waals surface area contributed by atoms with Crippen LogP contribution in [0.3, 0.4) is 0 Å². The second kappa shape index (κ2) is 3.35. The van der Waals surface area contributed by atoms with Crippen LogP contribution in [0.1, 0.15) is 31.0 Å². The molecule has 1 aromatic heterocycles. The molecule has 0 bridgehead atoms. The quantitative estimate of drug-likeness (QED) is 0.653. The van der Waals surface area contributed by atoms with Crippen molar-refractivity contribution in [3.63, 3.8) is 0 Å². The first kappa shape index (κ1) is 8.72. The number of halogens is 1. The molecular weight excluding hydrogens is 202 g/mol. The van der Waals surface area contributed by atoms with Gasteiger partial charge in [0.15, 0.2) is 0 Å². The first-order valence-electron chi connectivity index (χ1n) is 3.74. The van der Waals surface area contributed by atoms with Gasteiger partial charge < -0.3 is 0 Å². The van der Waals surface area contributed by atoms with E-state index in [1.165, 1.54) is 5.56 Å². The Kier molecular flexibility index (Phi) is 2.66. The van der Waals surface area contributed by atoms with Crippen LogP contribution in [0.25, 0.3) is 0 Å². The van der Waals surface area contributed by atoms with E-state index in [1.54, 1.807) is 0 Å². The maximum atomic E-state index is 4.31. The molecular formula is C9H12BrN. The highest BCUT2D eigenvalue weighted by Crippen LogP contribution is 2.19. The molecule has 1 nitrogen and oxygen atoms in total. The number of hydrogen-bond donors (Lipinski definition) is 0. The van der Waals surface area contributed by atoms with Gasteiger partial charge in [0.05, 0.1) is 0 Å². The predicted molar refractivity (Wildman–Crippen MR) is 50.8 cm³/mol. The van der Waals surface area contributed by atoms with E-state index in [4.69, 9.17) is 0 Å². The summed E-state index contributed by atoms with van der Waals surface area (Å²) in [7, 11) is 0. The molecule has 0 spiro atoms. The number of nitrogens with zero attached hydrogens (tertiary/aromatic N) is 1. The molecule has 0 saturated carbocycles. The summed E-state index contributed by atoms with van der Waals surface area (Å²) in [5, 5.41) is 0. The summed E-state index contributed by atoms with van der Waals surface area (Å²) in [6.07, 6.45) is 0. The highest BCUT2D eigenvalue weighted by molar-refractivity contribution is 9.10. The second-order valence-corrected chi connectivity index (χ2v) is 3.78. The van der Waals surface area contributed by atoms with Crippen LogP contribution in [0.15, 0.2) is 16.7 Å². The Labute approximate surface area is 76.0 Å². The molecule has 0 aliphatic rings. The van der Waals surface area contributed by atoms with Gasteiger partial charge in [-0.1, -0.05) is 19.9 Å². The third kappa shape index (κ3) is 2.03. The Hall–Kier alpha value is -0.370. The highest BCUT2D eigenvalue weighted by Gasteiger charge is 2.03. The Bertz CT molecular complexity index is 256. The number of aryl methyl sites for hydroxylation is 1. The molecule has 0 atom stereocenters. The average molecular weight is 214 g/mol. The molecule has 60 valence electrons. The van der Waals surface area contributed by atoms with Crippen molar-refractivity contribution in [2.45, 2.75) is 26.7 Å². The molecule has 0 amide bonds. The molecule has 0 fully saturated rings. The molecule has 1 heterocycles. The van der Waals surface area contributed by atoms with Crippen molar-refractivity contribution in [1.29, 1.82) is 0 Å². The fourth-order valence-electron chi connectivity index (χ4n) is 1.15. The zero-order chi connectivity index (χ0) is 8.43. The monoisotopic (exact) mass is 213 g/mol.